The van der Waals surface area contributed by atoms with E-state index in [4.69, 9.17) is 17.3 Å². The standard InChI is InChI=1S/C14H12ClN3/c15-11-5-3-10(4-6-11)8-14-17-9-13-12(16)2-1-7-18(13)14/h1-7,9H,8,16H2. The molecule has 4 heteroatoms. The van der Waals surface area contributed by atoms with Gasteiger partial charge in [-0.05, 0) is 29.8 Å². The molecule has 0 amide bonds. The van der Waals surface area contributed by atoms with E-state index in [-0.39, 0.29) is 0 Å². The number of nitrogen functional groups attached to an aromatic ring is 1. The summed E-state index contributed by atoms with van der Waals surface area (Å²) in [5, 5.41) is 0.746. The SMILES string of the molecule is Nc1cccn2c(Cc3ccc(Cl)cc3)ncc12. The molecular formula is C14H12ClN3. The molecule has 0 atom stereocenters. The van der Waals surface area contributed by atoms with Crippen molar-refractivity contribution in [3.8, 4) is 0 Å². The van der Waals surface area contributed by atoms with E-state index in [1.807, 2.05) is 47.0 Å². The van der Waals surface area contributed by atoms with Crippen LogP contribution in [0.5, 0.6) is 0 Å². The maximum absolute atomic E-state index is 5.90. The Morgan fingerprint density at radius 3 is 2.72 bits per heavy atom. The summed E-state index contributed by atoms with van der Waals surface area (Å²) in [5.41, 5.74) is 8.77. The lowest BCUT2D eigenvalue weighted by atomic mass is 10.1. The maximum Gasteiger partial charge on any atom is 0.117 e. The molecule has 0 saturated heterocycles. The fourth-order valence-corrected chi connectivity index (χ4v) is 2.14. The van der Waals surface area contributed by atoms with E-state index in [1.165, 1.54) is 5.56 Å². The van der Waals surface area contributed by atoms with E-state index in [2.05, 4.69) is 4.98 Å². The van der Waals surface area contributed by atoms with Gasteiger partial charge in [-0.1, -0.05) is 23.7 Å². The number of benzene rings is 1. The number of hydrogen-bond acceptors (Lipinski definition) is 2. The molecule has 3 aromatic rings. The Bertz CT molecular complexity index is 686. The highest BCUT2D eigenvalue weighted by Gasteiger charge is 2.06. The van der Waals surface area contributed by atoms with Crippen LogP contribution < -0.4 is 5.73 Å². The Balaban J connectivity index is 2.00. The minimum absolute atomic E-state index is 0.743. The summed E-state index contributed by atoms with van der Waals surface area (Å²) >= 11 is 5.87. The van der Waals surface area contributed by atoms with Gasteiger partial charge in [0, 0.05) is 17.6 Å². The Hall–Kier alpha value is -2.00. The first-order valence-corrected chi connectivity index (χ1v) is 6.07. The van der Waals surface area contributed by atoms with Gasteiger partial charge in [0.2, 0.25) is 0 Å². The van der Waals surface area contributed by atoms with Gasteiger partial charge in [0.1, 0.15) is 5.82 Å². The third kappa shape index (κ3) is 1.93. The van der Waals surface area contributed by atoms with Crippen molar-refractivity contribution in [3.63, 3.8) is 0 Å². The zero-order valence-electron chi connectivity index (χ0n) is 9.68. The van der Waals surface area contributed by atoms with Crippen LogP contribution >= 0.6 is 11.6 Å². The Morgan fingerprint density at radius 1 is 1.17 bits per heavy atom. The lowest BCUT2D eigenvalue weighted by molar-refractivity contribution is 0.962. The summed E-state index contributed by atoms with van der Waals surface area (Å²) in [6.45, 7) is 0. The number of fused-ring (bicyclic) bond motifs is 1. The van der Waals surface area contributed by atoms with Crippen molar-refractivity contribution in [3.05, 3.63) is 65.2 Å². The van der Waals surface area contributed by atoms with Crippen molar-refractivity contribution in [2.45, 2.75) is 6.42 Å². The number of imidazole rings is 1. The molecule has 0 aliphatic carbocycles. The molecule has 0 radical (unpaired) electrons. The van der Waals surface area contributed by atoms with Gasteiger partial charge in [-0.25, -0.2) is 4.98 Å². The topological polar surface area (TPSA) is 43.3 Å². The number of anilines is 1. The quantitative estimate of drug-likeness (QED) is 0.766. The van der Waals surface area contributed by atoms with E-state index in [0.29, 0.717) is 0 Å². The van der Waals surface area contributed by atoms with Crippen LogP contribution in [0.2, 0.25) is 5.02 Å². The zero-order valence-corrected chi connectivity index (χ0v) is 10.4. The van der Waals surface area contributed by atoms with E-state index in [9.17, 15) is 0 Å². The minimum Gasteiger partial charge on any atom is -0.397 e. The second-order valence-corrected chi connectivity index (χ2v) is 4.63. The van der Waals surface area contributed by atoms with Crippen molar-refractivity contribution in [1.82, 2.24) is 9.38 Å². The summed E-state index contributed by atoms with van der Waals surface area (Å²) < 4.78 is 2.02. The number of nitrogens with two attached hydrogens (primary N) is 1. The largest absolute Gasteiger partial charge is 0.397 e. The minimum atomic E-state index is 0.743. The molecule has 2 aromatic heterocycles. The van der Waals surface area contributed by atoms with E-state index >= 15 is 0 Å². The number of rotatable bonds is 2. The zero-order chi connectivity index (χ0) is 12.5. The smallest absolute Gasteiger partial charge is 0.117 e. The number of hydrogen-bond donors (Lipinski definition) is 1. The van der Waals surface area contributed by atoms with Crippen molar-refractivity contribution < 1.29 is 0 Å². The highest BCUT2D eigenvalue weighted by atomic mass is 35.5. The van der Waals surface area contributed by atoms with Gasteiger partial charge < -0.3 is 10.1 Å². The maximum atomic E-state index is 5.90. The number of aromatic nitrogens is 2. The molecule has 0 saturated carbocycles. The third-order valence-electron chi connectivity index (χ3n) is 2.96. The van der Waals surface area contributed by atoms with Gasteiger partial charge >= 0.3 is 0 Å². The molecule has 3 nitrogen and oxygen atoms in total. The van der Waals surface area contributed by atoms with Gasteiger partial charge in [0.15, 0.2) is 0 Å². The second-order valence-electron chi connectivity index (χ2n) is 4.20. The van der Waals surface area contributed by atoms with Crippen molar-refractivity contribution in [1.29, 1.82) is 0 Å². The van der Waals surface area contributed by atoms with Crippen LogP contribution in [-0.4, -0.2) is 9.38 Å². The fourth-order valence-electron chi connectivity index (χ4n) is 2.01. The van der Waals surface area contributed by atoms with Crippen LogP contribution in [0.25, 0.3) is 5.52 Å². The van der Waals surface area contributed by atoms with Crippen LogP contribution in [0.1, 0.15) is 11.4 Å². The molecule has 0 aliphatic rings. The molecule has 90 valence electrons. The molecule has 2 heterocycles. The summed E-state index contributed by atoms with van der Waals surface area (Å²) in [7, 11) is 0. The number of nitrogens with zero attached hydrogens (tertiary/aromatic N) is 2. The number of halogens is 1. The Kier molecular flexibility index (Phi) is 2.68. The third-order valence-corrected chi connectivity index (χ3v) is 3.21. The first kappa shape index (κ1) is 11.1. The predicted octanol–water partition coefficient (Wildman–Crippen LogP) is 3.16. The first-order valence-electron chi connectivity index (χ1n) is 5.69. The van der Waals surface area contributed by atoms with E-state index < -0.39 is 0 Å². The summed E-state index contributed by atoms with van der Waals surface area (Å²) in [4.78, 5) is 4.42. The highest BCUT2D eigenvalue weighted by molar-refractivity contribution is 6.30. The average Bonchev–Trinajstić information content (AvgIpc) is 2.77. The molecule has 3 rings (SSSR count). The molecule has 0 aliphatic heterocycles. The van der Waals surface area contributed by atoms with Crippen LogP contribution in [-0.2, 0) is 6.42 Å². The van der Waals surface area contributed by atoms with Gasteiger partial charge in [-0.2, -0.15) is 0 Å². The monoisotopic (exact) mass is 257 g/mol. The molecule has 18 heavy (non-hydrogen) atoms. The van der Waals surface area contributed by atoms with Crippen LogP contribution in [0, 0.1) is 0 Å². The van der Waals surface area contributed by atoms with Gasteiger partial charge in [0.25, 0.3) is 0 Å². The van der Waals surface area contributed by atoms with E-state index in [1.54, 1.807) is 6.20 Å². The van der Waals surface area contributed by atoms with Gasteiger partial charge in [-0.3, -0.25) is 0 Å². The van der Waals surface area contributed by atoms with Crippen LogP contribution in [0.4, 0.5) is 5.69 Å². The Morgan fingerprint density at radius 2 is 1.94 bits per heavy atom. The van der Waals surface area contributed by atoms with Crippen molar-refractivity contribution in [2.75, 3.05) is 5.73 Å². The molecular weight excluding hydrogens is 246 g/mol. The first-order chi connectivity index (χ1) is 8.74. The normalized spacial score (nSPS) is 10.9. The van der Waals surface area contributed by atoms with Gasteiger partial charge in [-0.15, -0.1) is 0 Å². The van der Waals surface area contributed by atoms with E-state index in [0.717, 1.165) is 28.5 Å². The fraction of sp³-hybridized carbons (Fsp3) is 0.0714. The van der Waals surface area contributed by atoms with Crippen LogP contribution in [0.15, 0.2) is 48.8 Å². The predicted molar refractivity (Wildman–Crippen MR) is 73.9 cm³/mol. The summed E-state index contributed by atoms with van der Waals surface area (Å²) in [5.74, 6) is 0.972. The highest BCUT2D eigenvalue weighted by Crippen LogP contribution is 2.17. The molecule has 0 spiro atoms. The molecule has 0 fully saturated rings. The average molecular weight is 258 g/mol. The number of pyridine rings is 1. The van der Waals surface area contributed by atoms with Crippen molar-refractivity contribution >= 4 is 22.8 Å². The second kappa shape index (κ2) is 4.35. The molecule has 0 unspecified atom stereocenters. The lowest BCUT2D eigenvalue weighted by Crippen LogP contribution is -1.97. The Labute approximate surface area is 110 Å². The molecule has 1 aromatic carbocycles. The molecule has 0 bridgehead atoms. The summed E-state index contributed by atoms with van der Waals surface area (Å²) in [6.07, 6.45) is 4.54. The lowest BCUT2D eigenvalue weighted by Gasteiger charge is -2.03. The van der Waals surface area contributed by atoms with Crippen LogP contribution in [0.3, 0.4) is 0 Å². The molecule has 2 N–H and O–H groups in total. The summed E-state index contributed by atoms with van der Waals surface area (Å²) in [6, 6.07) is 11.6. The van der Waals surface area contributed by atoms with Gasteiger partial charge in [0.05, 0.1) is 17.4 Å². The van der Waals surface area contributed by atoms with Crippen molar-refractivity contribution in [2.24, 2.45) is 0 Å².